The Morgan fingerprint density at radius 1 is 1.08 bits per heavy atom. The standard InChI is InChI=1S/C19H32N2O4S/c1-8-25-17-11-9-16(10-12-17)21(26(7,23)24)15(6)19(22)20-18(13(2)3)14(4)5/h9-15,18H,8H2,1-7H3,(H,20,22). The molecule has 0 fully saturated rings. The first-order valence-corrected chi connectivity index (χ1v) is 10.9. The van der Waals surface area contributed by atoms with Crippen molar-refractivity contribution in [2.45, 2.75) is 53.6 Å². The predicted molar refractivity (Wildman–Crippen MR) is 106 cm³/mol. The van der Waals surface area contributed by atoms with Gasteiger partial charge >= 0.3 is 0 Å². The molecule has 0 aliphatic carbocycles. The molecule has 0 saturated carbocycles. The van der Waals surface area contributed by atoms with Gasteiger partial charge in [0.2, 0.25) is 15.9 Å². The lowest BCUT2D eigenvalue weighted by Gasteiger charge is -2.32. The fraction of sp³-hybridized carbons (Fsp3) is 0.632. The molecule has 0 bridgehead atoms. The Morgan fingerprint density at radius 2 is 1.58 bits per heavy atom. The molecule has 0 aliphatic rings. The van der Waals surface area contributed by atoms with Crippen LogP contribution >= 0.6 is 0 Å². The van der Waals surface area contributed by atoms with Crippen LogP contribution in [0, 0.1) is 11.8 Å². The van der Waals surface area contributed by atoms with Crippen molar-refractivity contribution in [2.24, 2.45) is 11.8 Å². The van der Waals surface area contributed by atoms with Gasteiger partial charge in [0.05, 0.1) is 18.6 Å². The number of nitrogens with one attached hydrogen (secondary N) is 1. The maximum absolute atomic E-state index is 12.8. The summed E-state index contributed by atoms with van der Waals surface area (Å²) in [4.78, 5) is 12.8. The highest BCUT2D eigenvalue weighted by Crippen LogP contribution is 2.24. The first-order chi connectivity index (χ1) is 12.0. The molecule has 0 spiro atoms. The third-order valence-corrected chi connectivity index (χ3v) is 5.48. The zero-order chi connectivity index (χ0) is 20.1. The lowest BCUT2D eigenvalue weighted by molar-refractivity contribution is -0.123. The zero-order valence-electron chi connectivity index (χ0n) is 16.8. The van der Waals surface area contributed by atoms with E-state index in [-0.39, 0.29) is 23.8 Å². The lowest BCUT2D eigenvalue weighted by atomic mass is 9.93. The minimum atomic E-state index is -3.63. The molecule has 0 radical (unpaired) electrons. The molecule has 1 atom stereocenters. The van der Waals surface area contributed by atoms with Gasteiger partial charge in [-0.05, 0) is 49.9 Å². The summed E-state index contributed by atoms with van der Waals surface area (Å²) in [7, 11) is -3.63. The highest BCUT2D eigenvalue weighted by molar-refractivity contribution is 7.92. The van der Waals surface area contributed by atoms with Gasteiger partial charge in [-0.1, -0.05) is 27.7 Å². The summed E-state index contributed by atoms with van der Waals surface area (Å²) in [6, 6.07) is 5.82. The van der Waals surface area contributed by atoms with Gasteiger partial charge in [0.1, 0.15) is 11.8 Å². The van der Waals surface area contributed by atoms with E-state index in [0.29, 0.717) is 18.0 Å². The van der Waals surface area contributed by atoms with E-state index in [4.69, 9.17) is 4.74 Å². The third-order valence-electron chi connectivity index (χ3n) is 4.24. The average molecular weight is 385 g/mol. The van der Waals surface area contributed by atoms with Crippen molar-refractivity contribution < 1.29 is 17.9 Å². The molecular formula is C19H32N2O4S. The first kappa shape index (κ1) is 22.3. The van der Waals surface area contributed by atoms with Crippen molar-refractivity contribution in [3.8, 4) is 5.75 Å². The van der Waals surface area contributed by atoms with Crippen LogP contribution in [0.15, 0.2) is 24.3 Å². The zero-order valence-corrected chi connectivity index (χ0v) is 17.6. The van der Waals surface area contributed by atoms with Gasteiger partial charge in [-0.25, -0.2) is 8.42 Å². The van der Waals surface area contributed by atoms with Gasteiger partial charge in [-0.2, -0.15) is 0 Å². The predicted octanol–water partition coefficient (Wildman–Crippen LogP) is 3.04. The summed E-state index contributed by atoms with van der Waals surface area (Å²) < 4.78 is 31.3. The Balaban J connectivity index is 3.11. The molecule has 1 rings (SSSR count). The Labute approximate surface area is 158 Å². The van der Waals surface area contributed by atoms with E-state index in [1.165, 1.54) is 0 Å². The fourth-order valence-electron chi connectivity index (χ4n) is 3.05. The number of carbonyl (C=O) groups is 1. The summed E-state index contributed by atoms with van der Waals surface area (Å²) in [5, 5.41) is 3.00. The Morgan fingerprint density at radius 3 is 1.96 bits per heavy atom. The number of amides is 1. The SMILES string of the molecule is CCOc1ccc(N(C(C)C(=O)NC(C(C)C)C(C)C)S(C)(=O)=O)cc1. The number of benzene rings is 1. The van der Waals surface area contributed by atoms with E-state index < -0.39 is 16.1 Å². The molecule has 7 heteroatoms. The van der Waals surface area contributed by atoms with Crippen molar-refractivity contribution in [1.29, 1.82) is 0 Å². The van der Waals surface area contributed by atoms with Crippen LogP contribution in [0.5, 0.6) is 5.75 Å². The van der Waals surface area contributed by atoms with E-state index in [0.717, 1.165) is 10.6 Å². The molecule has 6 nitrogen and oxygen atoms in total. The minimum Gasteiger partial charge on any atom is -0.494 e. The number of anilines is 1. The topological polar surface area (TPSA) is 75.7 Å². The van der Waals surface area contributed by atoms with E-state index in [1.807, 2.05) is 34.6 Å². The van der Waals surface area contributed by atoms with Crippen LogP contribution in [0.1, 0.15) is 41.5 Å². The number of sulfonamides is 1. The summed E-state index contributed by atoms with van der Waals surface area (Å²) in [6.07, 6.45) is 1.11. The van der Waals surface area contributed by atoms with Crippen LogP contribution in [0.25, 0.3) is 0 Å². The van der Waals surface area contributed by atoms with Gasteiger partial charge in [0, 0.05) is 6.04 Å². The summed E-state index contributed by atoms with van der Waals surface area (Å²) in [5.74, 6) is 0.852. The Bertz CT molecular complexity index is 676. The van der Waals surface area contributed by atoms with E-state index in [2.05, 4.69) is 5.32 Å². The maximum atomic E-state index is 12.8. The van der Waals surface area contributed by atoms with Crippen LogP contribution < -0.4 is 14.4 Å². The molecule has 26 heavy (non-hydrogen) atoms. The van der Waals surface area contributed by atoms with Gasteiger partial charge in [0.25, 0.3) is 0 Å². The van der Waals surface area contributed by atoms with Crippen LogP contribution in [0.4, 0.5) is 5.69 Å². The van der Waals surface area contributed by atoms with E-state index in [1.54, 1.807) is 31.2 Å². The van der Waals surface area contributed by atoms with Crippen molar-refractivity contribution in [1.82, 2.24) is 5.32 Å². The van der Waals surface area contributed by atoms with Crippen molar-refractivity contribution in [3.63, 3.8) is 0 Å². The number of ether oxygens (including phenoxy) is 1. The molecule has 1 unspecified atom stereocenters. The first-order valence-electron chi connectivity index (χ1n) is 9.01. The Kier molecular flexibility index (Phi) is 7.93. The second-order valence-electron chi connectivity index (χ2n) is 7.18. The lowest BCUT2D eigenvalue weighted by Crippen LogP contribution is -2.52. The maximum Gasteiger partial charge on any atom is 0.243 e. The second kappa shape index (κ2) is 9.26. The summed E-state index contributed by atoms with van der Waals surface area (Å²) in [6.45, 7) is 12.2. The monoisotopic (exact) mass is 384 g/mol. The molecule has 0 heterocycles. The number of hydrogen-bond acceptors (Lipinski definition) is 4. The quantitative estimate of drug-likeness (QED) is 0.710. The molecule has 0 aliphatic heterocycles. The van der Waals surface area contributed by atoms with Crippen LogP contribution in [-0.2, 0) is 14.8 Å². The molecule has 0 saturated heterocycles. The van der Waals surface area contributed by atoms with E-state index >= 15 is 0 Å². The smallest absolute Gasteiger partial charge is 0.243 e. The number of carbonyl (C=O) groups excluding carboxylic acids is 1. The van der Waals surface area contributed by atoms with Gasteiger partial charge in [-0.3, -0.25) is 9.10 Å². The van der Waals surface area contributed by atoms with E-state index in [9.17, 15) is 13.2 Å². The molecule has 1 N–H and O–H groups in total. The summed E-state index contributed by atoms with van der Waals surface area (Å²) in [5.41, 5.74) is 0.434. The van der Waals surface area contributed by atoms with Crippen LogP contribution in [-0.4, -0.2) is 39.3 Å². The number of rotatable bonds is 9. The van der Waals surface area contributed by atoms with Crippen molar-refractivity contribution in [3.05, 3.63) is 24.3 Å². The average Bonchev–Trinajstić information content (AvgIpc) is 2.52. The van der Waals surface area contributed by atoms with Crippen LogP contribution in [0.3, 0.4) is 0 Å². The normalized spacial score (nSPS) is 13.2. The highest BCUT2D eigenvalue weighted by atomic mass is 32.2. The minimum absolute atomic E-state index is 0.0216. The van der Waals surface area contributed by atoms with Gasteiger partial charge in [-0.15, -0.1) is 0 Å². The molecular weight excluding hydrogens is 352 g/mol. The number of hydrogen-bond donors (Lipinski definition) is 1. The fourth-order valence-corrected chi connectivity index (χ4v) is 4.23. The van der Waals surface area contributed by atoms with Crippen molar-refractivity contribution >= 4 is 21.6 Å². The Hall–Kier alpha value is -1.76. The number of nitrogens with zero attached hydrogens (tertiary/aromatic N) is 1. The van der Waals surface area contributed by atoms with Gasteiger partial charge < -0.3 is 10.1 Å². The van der Waals surface area contributed by atoms with Gasteiger partial charge in [0.15, 0.2) is 0 Å². The molecule has 0 aromatic heterocycles. The molecule has 1 amide bonds. The third kappa shape index (κ3) is 5.90. The highest BCUT2D eigenvalue weighted by Gasteiger charge is 2.31. The molecule has 1 aromatic carbocycles. The van der Waals surface area contributed by atoms with Crippen LogP contribution in [0.2, 0.25) is 0 Å². The second-order valence-corrected chi connectivity index (χ2v) is 9.04. The molecule has 1 aromatic rings. The van der Waals surface area contributed by atoms with Crippen molar-refractivity contribution in [2.75, 3.05) is 17.2 Å². The summed E-state index contributed by atoms with van der Waals surface area (Å²) >= 11 is 0. The largest absolute Gasteiger partial charge is 0.494 e. The molecule has 148 valence electrons.